The zero-order valence-corrected chi connectivity index (χ0v) is 12.6. The molecule has 0 aliphatic rings. The first kappa shape index (κ1) is 14.3. The van der Waals surface area contributed by atoms with E-state index in [-0.39, 0.29) is 11.3 Å². The van der Waals surface area contributed by atoms with Crippen molar-refractivity contribution >= 4 is 33.3 Å². The Morgan fingerprint density at radius 2 is 2.10 bits per heavy atom. The monoisotopic (exact) mass is 334 g/mol. The predicted octanol–water partition coefficient (Wildman–Crippen LogP) is 2.16. The Balaban J connectivity index is 2.26. The molecular weight excluding hydrogens is 320 g/mol. The molecule has 2 rings (SSSR count). The van der Waals surface area contributed by atoms with Crippen LogP contribution in [0.25, 0.3) is 0 Å². The van der Waals surface area contributed by atoms with Gasteiger partial charge in [-0.25, -0.2) is 4.98 Å². The van der Waals surface area contributed by atoms with Crippen LogP contribution in [-0.4, -0.2) is 17.9 Å². The maximum atomic E-state index is 11.3. The predicted molar refractivity (Wildman–Crippen MR) is 83.4 cm³/mol. The molecule has 1 aromatic heterocycles. The van der Waals surface area contributed by atoms with E-state index in [1.807, 2.05) is 36.2 Å². The van der Waals surface area contributed by atoms with Crippen LogP contribution in [0.4, 0.5) is 11.5 Å². The Hall–Kier alpha value is -2.08. The molecule has 0 fully saturated rings. The highest BCUT2D eigenvalue weighted by atomic mass is 79.9. The van der Waals surface area contributed by atoms with Crippen LogP contribution in [-0.2, 0) is 6.54 Å². The van der Waals surface area contributed by atoms with E-state index in [9.17, 15) is 4.79 Å². The maximum Gasteiger partial charge on any atom is 0.250 e. The van der Waals surface area contributed by atoms with Crippen LogP contribution in [0.15, 0.2) is 41.0 Å². The Bertz CT molecular complexity index is 645. The summed E-state index contributed by atoms with van der Waals surface area (Å²) in [6, 6.07) is 9.54. The summed E-state index contributed by atoms with van der Waals surface area (Å²) in [6.45, 7) is 0.649. The van der Waals surface area contributed by atoms with Crippen molar-refractivity contribution in [3.8, 4) is 0 Å². The first-order valence-corrected chi connectivity index (χ1v) is 6.78. The molecule has 6 heteroatoms. The number of primary amides is 1. The smallest absolute Gasteiger partial charge is 0.250 e. The van der Waals surface area contributed by atoms with Crippen molar-refractivity contribution < 1.29 is 4.79 Å². The lowest BCUT2D eigenvalue weighted by molar-refractivity contribution is 0.100. The van der Waals surface area contributed by atoms with Crippen LogP contribution in [0, 0.1) is 0 Å². The summed E-state index contributed by atoms with van der Waals surface area (Å²) >= 11 is 3.51. The van der Waals surface area contributed by atoms with Crippen LogP contribution < -0.4 is 16.4 Å². The Morgan fingerprint density at radius 1 is 1.40 bits per heavy atom. The number of carbonyl (C=O) groups excluding carboxylic acids is 1. The van der Waals surface area contributed by atoms with Gasteiger partial charge in [0.1, 0.15) is 5.82 Å². The van der Waals surface area contributed by atoms with Crippen LogP contribution >= 0.6 is 15.9 Å². The minimum Gasteiger partial charge on any atom is -0.397 e. The third-order valence-corrected chi connectivity index (χ3v) is 3.72. The zero-order valence-electron chi connectivity index (χ0n) is 11.0. The van der Waals surface area contributed by atoms with Crippen molar-refractivity contribution in [2.45, 2.75) is 6.54 Å². The minimum atomic E-state index is -0.555. The molecule has 1 aromatic carbocycles. The molecule has 5 nitrogen and oxygen atoms in total. The Labute approximate surface area is 125 Å². The van der Waals surface area contributed by atoms with Gasteiger partial charge >= 0.3 is 0 Å². The summed E-state index contributed by atoms with van der Waals surface area (Å²) in [5, 5.41) is 0. The number of amides is 1. The normalized spacial score (nSPS) is 10.3. The molecular formula is C14H15BrN4O. The average molecular weight is 335 g/mol. The molecule has 0 unspecified atom stereocenters. The molecule has 0 aliphatic carbocycles. The Morgan fingerprint density at radius 3 is 2.75 bits per heavy atom. The molecule has 1 amide bonds. The topological polar surface area (TPSA) is 85.2 Å². The van der Waals surface area contributed by atoms with E-state index in [0.717, 1.165) is 10.0 Å². The van der Waals surface area contributed by atoms with Crippen LogP contribution in [0.1, 0.15) is 15.9 Å². The number of rotatable bonds is 4. The number of pyridine rings is 1. The maximum absolute atomic E-state index is 11.3. The standard InChI is InChI=1S/C14H15BrN4O/c1-19(8-9-4-2-3-5-11(9)15)13-6-10(14(17)20)12(16)7-18-13/h2-7H,8,16H2,1H3,(H2,17,20). The van der Waals surface area contributed by atoms with Gasteiger partial charge in [-0.05, 0) is 17.7 Å². The largest absolute Gasteiger partial charge is 0.397 e. The van der Waals surface area contributed by atoms with Gasteiger partial charge in [0.2, 0.25) is 0 Å². The quantitative estimate of drug-likeness (QED) is 0.897. The highest BCUT2D eigenvalue weighted by molar-refractivity contribution is 9.10. The van der Waals surface area contributed by atoms with Gasteiger partial charge in [0, 0.05) is 18.1 Å². The van der Waals surface area contributed by atoms with Gasteiger partial charge in [-0.1, -0.05) is 34.1 Å². The minimum absolute atomic E-state index is 0.286. The van der Waals surface area contributed by atoms with E-state index in [1.165, 1.54) is 6.20 Å². The molecule has 0 saturated carbocycles. The summed E-state index contributed by atoms with van der Waals surface area (Å²) in [6.07, 6.45) is 1.45. The summed E-state index contributed by atoms with van der Waals surface area (Å²) in [4.78, 5) is 17.4. The highest BCUT2D eigenvalue weighted by Gasteiger charge is 2.11. The number of hydrogen-bond acceptors (Lipinski definition) is 4. The second-order valence-corrected chi connectivity index (χ2v) is 5.30. The van der Waals surface area contributed by atoms with Crippen molar-refractivity contribution in [3.05, 3.63) is 52.1 Å². The molecule has 0 aliphatic heterocycles. The van der Waals surface area contributed by atoms with Crippen molar-refractivity contribution in [2.75, 3.05) is 17.7 Å². The number of nitrogen functional groups attached to an aromatic ring is 1. The Kier molecular flexibility index (Phi) is 4.24. The number of hydrogen-bond donors (Lipinski definition) is 2. The zero-order chi connectivity index (χ0) is 14.7. The number of nitrogens with zero attached hydrogens (tertiary/aromatic N) is 2. The molecule has 20 heavy (non-hydrogen) atoms. The van der Waals surface area contributed by atoms with Crippen LogP contribution in [0.3, 0.4) is 0 Å². The average Bonchev–Trinajstić information content (AvgIpc) is 2.41. The van der Waals surface area contributed by atoms with Crippen molar-refractivity contribution in [1.29, 1.82) is 0 Å². The highest BCUT2D eigenvalue weighted by Crippen LogP contribution is 2.22. The number of nitrogens with two attached hydrogens (primary N) is 2. The molecule has 0 saturated heterocycles. The van der Waals surface area contributed by atoms with Gasteiger partial charge in [0.15, 0.2) is 0 Å². The van der Waals surface area contributed by atoms with Gasteiger partial charge in [-0.2, -0.15) is 0 Å². The van der Waals surface area contributed by atoms with Crippen LogP contribution in [0.2, 0.25) is 0 Å². The third-order valence-electron chi connectivity index (χ3n) is 2.94. The van der Waals surface area contributed by atoms with Gasteiger partial charge in [-0.3, -0.25) is 4.79 Å². The molecule has 4 N–H and O–H groups in total. The summed E-state index contributed by atoms with van der Waals surface area (Å²) in [5.74, 6) is 0.0872. The van der Waals surface area contributed by atoms with E-state index >= 15 is 0 Å². The van der Waals surface area contributed by atoms with E-state index in [2.05, 4.69) is 20.9 Å². The first-order chi connectivity index (χ1) is 9.49. The SMILES string of the molecule is CN(Cc1ccccc1Br)c1cc(C(N)=O)c(N)cn1. The van der Waals surface area contributed by atoms with Gasteiger partial charge in [0.25, 0.3) is 5.91 Å². The van der Waals surface area contributed by atoms with Crippen molar-refractivity contribution in [3.63, 3.8) is 0 Å². The van der Waals surface area contributed by atoms with E-state index in [0.29, 0.717) is 12.4 Å². The van der Waals surface area contributed by atoms with Gasteiger partial charge in [-0.15, -0.1) is 0 Å². The second-order valence-electron chi connectivity index (χ2n) is 4.44. The summed E-state index contributed by atoms with van der Waals surface area (Å²) in [5.41, 5.74) is 12.7. The lowest BCUT2D eigenvalue weighted by Crippen LogP contribution is -2.20. The molecule has 0 atom stereocenters. The number of anilines is 2. The van der Waals surface area contributed by atoms with Gasteiger partial charge < -0.3 is 16.4 Å². The number of carbonyl (C=O) groups is 1. The lowest BCUT2D eigenvalue weighted by Gasteiger charge is -2.19. The molecule has 2 aromatic rings. The van der Waals surface area contributed by atoms with Crippen LogP contribution in [0.5, 0.6) is 0 Å². The molecule has 104 valence electrons. The fourth-order valence-electron chi connectivity index (χ4n) is 1.84. The molecule has 0 spiro atoms. The van der Waals surface area contributed by atoms with E-state index in [4.69, 9.17) is 11.5 Å². The van der Waals surface area contributed by atoms with Crippen molar-refractivity contribution in [2.24, 2.45) is 5.73 Å². The van der Waals surface area contributed by atoms with Gasteiger partial charge in [0.05, 0.1) is 17.4 Å². The molecule has 1 heterocycles. The summed E-state index contributed by atoms with van der Waals surface area (Å²) in [7, 11) is 1.89. The second kappa shape index (κ2) is 5.92. The molecule has 0 bridgehead atoms. The third kappa shape index (κ3) is 3.08. The molecule has 0 radical (unpaired) electrons. The lowest BCUT2D eigenvalue weighted by atomic mass is 10.2. The number of benzene rings is 1. The number of aromatic nitrogens is 1. The number of halogens is 1. The fourth-order valence-corrected chi connectivity index (χ4v) is 2.25. The van der Waals surface area contributed by atoms with E-state index in [1.54, 1.807) is 6.07 Å². The summed E-state index contributed by atoms with van der Waals surface area (Å²) < 4.78 is 1.03. The van der Waals surface area contributed by atoms with Crippen molar-refractivity contribution in [1.82, 2.24) is 4.98 Å². The first-order valence-electron chi connectivity index (χ1n) is 5.99. The fraction of sp³-hybridized carbons (Fsp3) is 0.143. The van der Waals surface area contributed by atoms with E-state index < -0.39 is 5.91 Å².